The highest BCUT2D eigenvalue weighted by Gasteiger charge is 2.21. The van der Waals surface area contributed by atoms with Crippen LogP contribution in [0.4, 0.5) is 4.79 Å². The number of terminal acetylenes is 1. The molecule has 3 N–H and O–H groups in total. The molecule has 0 aromatic rings. The van der Waals surface area contributed by atoms with Crippen molar-refractivity contribution < 1.29 is 14.7 Å². The standard InChI is InChI=1S/C14H22N2O3/c1-3-4-12(13(17)18)16-14(19)15-9-11-7-5-10(2)6-8-11/h1,10-12H,4-9H2,2H3,(H,17,18)(H2,15,16,19). The highest BCUT2D eigenvalue weighted by Crippen LogP contribution is 2.27. The number of amides is 2. The topological polar surface area (TPSA) is 78.4 Å². The highest BCUT2D eigenvalue weighted by atomic mass is 16.4. The molecule has 0 aromatic heterocycles. The molecular formula is C14H22N2O3. The van der Waals surface area contributed by atoms with Crippen molar-refractivity contribution in [1.82, 2.24) is 10.6 Å². The second-order valence-corrected chi connectivity index (χ2v) is 5.28. The van der Waals surface area contributed by atoms with E-state index in [1.165, 1.54) is 12.8 Å². The third-order valence-electron chi connectivity index (χ3n) is 3.61. The molecule has 1 aliphatic carbocycles. The monoisotopic (exact) mass is 266 g/mol. The number of carbonyl (C=O) groups excluding carboxylic acids is 1. The van der Waals surface area contributed by atoms with Crippen molar-refractivity contribution in [3.63, 3.8) is 0 Å². The van der Waals surface area contributed by atoms with E-state index < -0.39 is 18.0 Å². The molecule has 0 saturated heterocycles. The first-order valence-corrected chi connectivity index (χ1v) is 6.73. The lowest BCUT2D eigenvalue weighted by atomic mass is 9.83. The minimum Gasteiger partial charge on any atom is -0.480 e. The Balaban J connectivity index is 2.27. The van der Waals surface area contributed by atoms with Crippen molar-refractivity contribution in [3.05, 3.63) is 0 Å². The Kier molecular flexibility index (Phi) is 6.20. The van der Waals surface area contributed by atoms with Gasteiger partial charge in [0.2, 0.25) is 0 Å². The molecule has 1 unspecified atom stereocenters. The van der Waals surface area contributed by atoms with Crippen molar-refractivity contribution in [2.45, 2.75) is 45.1 Å². The van der Waals surface area contributed by atoms with Crippen LogP contribution in [0.5, 0.6) is 0 Å². The second-order valence-electron chi connectivity index (χ2n) is 5.28. The van der Waals surface area contributed by atoms with Gasteiger partial charge in [0, 0.05) is 13.0 Å². The summed E-state index contributed by atoms with van der Waals surface area (Å²) in [6, 6.07) is -1.47. The van der Waals surface area contributed by atoms with Gasteiger partial charge in [0.25, 0.3) is 0 Å². The Morgan fingerprint density at radius 1 is 1.37 bits per heavy atom. The fraction of sp³-hybridized carbons (Fsp3) is 0.714. The molecule has 0 bridgehead atoms. The van der Waals surface area contributed by atoms with Crippen LogP contribution in [0.1, 0.15) is 39.0 Å². The predicted molar refractivity (Wildman–Crippen MR) is 72.5 cm³/mol. The van der Waals surface area contributed by atoms with Crippen molar-refractivity contribution in [2.75, 3.05) is 6.54 Å². The van der Waals surface area contributed by atoms with Crippen LogP contribution in [0, 0.1) is 24.2 Å². The minimum absolute atomic E-state index is 0.0102. The lowest BCUT2D eigenvalue weighted by Gasteiger charge is -2.26. The Morgan fingerprint density at radius 3 is 2.53 bits per heavy atom. The van der Waals surface area contributed by atoms with E-state index in [-0.39, 0.29) is 6.42 Å². The fourth-order valence-corrected chi connectivity index (χ4v) is 2.30. The largest absolute Gasteiger partial charge is 0.480 e. The number of carbonyl (C=O) groups is 2. The number of carboxylic acids is 1. The first-order valence-electron chi connectivity index (χ1n) is 6.73. The Hall–Kier alpha value is -1.70. The van der Waals surface area contributed by atoms with E-state index in [1.54, 1.807) is 0 Å². The van der Waals surface area contributed by atoms with Gasteiger partial charge in [-0.1, -0.05) is 19.8 Å². The van der Waals surface area contributed by atoms with Crippen LogP contribution in [0.15, 0.2) is 0 Å². The molecule has 1 aliphatic rings. The third-order valence-corrected chi connectivity index (χ3v) is 3.61. The summed E-state index contributed by atoms with van der Waals surface area (Å²) in [4.78, 5) is 22.4. The molecule has 19 heavy (non-hydrogen) atoms. The lowest BCUT2D eigenvalue weighted by Crippen LogP contribution is -2.47. The summed E-state index contributed by atoms with van der Waals surface area (Å²) < 4.78 is 0. The molecule has 0 heterocycles. The molecule has 0 spiro atoms. The maximum atomic E-state index is 11.6. The van der Waals surface area contributed by atoms with Gasteiger partial charge in [-0.25, -0.2) is 9.59 Å². The number of carboxylic acid groups (broad SMARTS) is 1. The number of hydrogen-bond acceptors (Lipinski definition) is 2. The summed E-state index contributed by atoms with van der Waals surface area (Å²) in [6.45, 7) is 2.84. The van der Waals surface area contributed by atoms with Crippen LogP contribution in [0.2, 0.25) is 0 Å². The third kappa shape index (κ3) is 5.64. The summed E-state index contributed by atoms with van der Waals surface area (Å²) in [5.74, 6) is 2.40. The first kappa shape index (κ1) is 15.4. The molecular weight excluding hydrogens is 244 g/mol. The van der Waals surface area contributed by atoms with Gasteiger partial charge in [0.05, 0.1) is 0 Å². The molecule has 2 amide bonds. The Bertz CT molecular complexity index is 354. The molecule has 0 aliphatic heterocycles. The van der Waals surface area contributed by atoms with E-state index in [1.807, 2.05) is 0 Å². The van der Waals surface area contributed by atoms with Crippen LogP contribution in [0.3, 0.4) is 0 Å². The summed E-state index contributed by atoms with van der Waals surface area (Å²) in [6.07, 6.45) is 9.68. The number of nitrogens with one attached hydrogen (secondary N) is 2. The zero-order chi connectivity index (χ0) is 14.3. The highest BCUT2D eigenvalue weighted by molar-refractivity contribution is 5.82. The average Bonchev–Trinajstić information content (AvgIpc) is 2.37. The first-order chi connectivity index (χ1) is 9.02. The molecule has 106 valence electrons. The normalized spacial score (nSPS) is 24.0. The lowest BCUT2D eigenvalue weighted by molar-refractivity contribution is -0.139. The van der Waals surface area contributed by atoms with Gasteiger partial charge in [-0.05, 0) is 24.7 Å². The zero-order valence-electron chi connectivity index (χ0n) is 11.3. The molecule has 5 nitrogen and oxygen atoms in total. The van der Waals surface area contributed by atoms with Crippen molar-refractivity contribution >= 4 is 12.0 Å². The van der Waals surface area contributed by atoms with Crippen LogP contribution in [-0.2, 0) is 4.79 Å². The van der Waals surface area contributed by atoms with E-state index in [4.69, 9.17) is 11.5 Å². The smallest absolute Gasteiger partial charge is 0.327 e. The van der Waals surface area contributed by atoms with Gasteiger partial charge in [0.1, 0.15) is 6.04 Å². The Labute approximate surface area is 114 Å². The number of hydrogen-bond donors (Lipinski definition) is 3. The van der Waals surface area contributed by atoms with Crippen molar-refractivity contribution in [1.29, 1.82) is 0 Å². The van der Waals surface area contributed by atoms with Crippen LogP contribution in [-0.4, -0.2) is 29.7 Å². The van der Waals surface area contributed by atoms with Gasteiger partial charge >= 0.3 is 12.0 Å². The van der Waals surface area contributed by atoms with E-state index in [2.05, 4.69) is 23.5 Å². The maximum Gasteiger partial charge on any atom is 0.327 e. The molecule has 1 atom stereocenters. The maximum absolute atomic E-state index is 11.6. The summed E-state index contributed by atoms with van der Waals surface area (Å²) in [5.41, 5.74) is 0. The summed E-state index contributed by atoms with van der Waals surface area (Å²) in [5, 5.41) is 14.0. The van der Waals surface area contributed by atoms with Gasteiger partial charge in [0.15, 0.2) is 0 Å². The number of urea groups is 1. The van der Waals surface area contributed by atoms with E-state index in [0.717, 1.165) is 18.8 Å². The van der Waals surface area contributed by atoms with E-state index in [9.17, 15) is 9.59 Å². The average molecular weight is 266 g/mol. The SMILES string of the molecule is C#CCC(NC(=O)NCC1CCC(C)CC1)C(=O)O. The second kappa shape index (κ2) is 7.67. The zero-order valence-corrected chi connectivity index (χ0v) is 11.3. The summed E-state index contributed by atoms with van der Waals surface area (Å²) in [7, 11) is 0. The number of aliphatic carboxylic acids is 1. The van der Waals surface area contributed by atoms with E-state index in [0.29, 0.717) is 12.5 Å². The molecule has 5 heteroatoms. The summed E-state index contributed by atoms with van der Waals surface area (Å²) >= 11 is 0. The quantitative estimate of drug-likeness (QED) is 0.661. The van der Waals surface area contributed by atoms with Crippen LogP contribution in [0.25, 0.3) is 0 Å². The van der Waals surface area contributed by atoms with Crippen LogP contribution < -0.4 is 10.6 Å². The number of rotatable bonds is 5. The molecule has 0 radical (unpaired) electrons. The van der Waals surface area contributed by atoms with Crippen molar-refractivity contribution in [2.24, 2.45) is 11.8 Å². The molecule has 0 aromatic carbocycles. The van der Waals surface area contributed by atoms with Gasteiger partial charge < -0.3 is 15.7 Å². The van der Waals surface area contributed by atoms with Gasteiger partial charge in [-0.2, -0.15) is 0 Å². The molecule has 1 saturated carbocycles. The van der Waals surface area contributed by atoms with Gasteiger partial charge in [-0.15, -0.1) is 12.3 Å². The predicted octanol–water partition coefficient (Wildman–Crippen LogP) is 1.59. The Morgan fingerprint density at radius 2 is 2.00 bits per heavy atom. The fourth-order valence-electron chi connectivity index (χ4n) is 2.30. The van der Waals surface area contributed by atoms with E-state index >= 15 is 0 Å². The molecule has 1 rings (SSSR count). The van der Waals surface area contributed by atoms with Crippen molar-refractivity contribution in [3.8, 4) is 12.3 Å². The van der Waals surface area contributed by atoms with Crippen LogP contribution >= 0.6 is 0 Å². The minimum atomic E-state index is -1.11. The molecule has 1 fully saturated rings. The van der Waals surface area contributed by atoms with Gasteiger partial charge in [-0.3, -0.25) is 0 Å².